The van der Waals surface area contributed by atoms with Gasteiger partial charge >= 0.3 is 0 Å². The van der Waals surface area contributed by atoms with Gasteiger partial charge in [0.05, 0.1) is 4.92 Å². The number of carbonyl (C=O) groups is 1. The largest absolute Gasteiger partial charge is 0.366 e. The van der Waals surface area contributed by atoms with Gasteiger partial charge in [0.2, 0.25) is 0 Å². The van der Waals surface area contributed by atoms with E-state index >= 15 is 0 Å². The second-order valence-electron chi connectivity index (χ2n) is 5.40. The Bertz CT molecular complexity index is 549. The third-order valence-corrected chi connectivity index (χ3v) is 3.79. The van der Waals surface area contributed by atoms with Gasteiger partial charge < -0.3 is 10.2 Å². The van der Waals surface area contributed by atoms with E-state index in [2.05, 4.69) is 5.32 Å². The molecular formula is C14H17N3O3. The lowest BCUT2D eigenvalue weighted by Crippen LogP contribution is -2.26. The van der Waals surface area contributed by atoms with Gasteiger partial charge in [0.1, 0.15) is 5.69 Å². The molecule has 3 rings (SSSR count). The quantitative estimate of drug-likeness (QED) is 0.674. The van der Waals surface area contributed by atoms with Gasteiger partial charge in [0.25, 0.3) is 11.6 Å². The van der Waals surface area contributed by atoms with Crippen molar-refractivity contribution in [1.29, 1.82) is 0 Å². The average molecular weight is 275 g/mol. The maximum absolute atomic E-state index is 12.0. The van der Waals surface area contributed by atoms with Crippen LogP contribution in [-0.4, -0.2) is 30.0 Å². The van der Waals surface area contributed by atoms with Crippen LogP contribution in [0.1, 0.15) is 36.0 Å². The molecular weight excluding hydrogens is 258 g/mol. The lowest BCUT2D eigenvalue weighted by atomic mass is 10.1. The number of amides is 1. The summed E-state index contributed by atoms with van der Waals surface area (Å²) >= 11 is 0. The molecule has 0 unspecified atom stereocenters. The van der Waals surface area contributed by atoms with Gasteiger partial charge in [-0.2, -0.15) is 0 Å². The number of carbonyl (C=O) groups excluding carboxylic acids is 1. The molecule has 1 amide bonds. The first kappa shape index (κ1) is 12.9. The van der Waals surface area contributed by atoms with Crippen molar-refractivity contribution in [1.82, 2.24) is 5.32 Å². The fraction of sp³-hybridized carbons (Fsp3) is 0.500. The summed E-state index contributed by atoms with van der Waals surface area (Å²) in [5, 5.41) is 14.1. The van der Waals surface area contributed by atoms with Crippen LogP contribution in [0.5, 0.6) is 0 Å². The first-order valence-electron chi connectivity index (χ1n) is 6.99. The van der Waals surface area contributed by atoms with E-state index in [0.29, 0.717) is 11.3 Å². The predicted octanol–water partition coefficient (Wildman–Crippen LogP) is 2.09. The van der Waals surface area contributed by atoms with Gasteiger partial charge in [-0.3, -0.25) is 14.9 Å². The Morgan fingerprint density at radius 3 is 2.60 bits per heavy atom. The number of nitro groups is 1. The van der Waals surface area contributed by atoms with Crippen molar-refractivity contribution >= 4 is 17.3 Å². The first-order chi connectivity index (χ1) is 9.65. The van der Waals surface area contributed by atoms with Crippen molar-refractivity contribution in [3.05, 3.63) is 33.9 Å². The summed E-state index contributed by atoms with van der Waals surface area (Å²) in [6, 6.07) is 5.02. The highest BCUT2D eigenvalue weighted by Gasteiger charge is 2.27. The van der Waals surface area contributed by atoms with E-state index < -0.39 is 4.92 Å². The first-order valence-corrected chi connectivity index (χ1v) is 6.99. The Morgan fingerprint density at radius 1 is 1.30 bits per heavy atom. The fourth-order valence-electron chi connectivity index (χ4n) is 2.53. The summed E-state index contributed by atoms with van der Waals surface area (Å²) in [4.78, 5) is 24.8. The monoisotopic (exact) mass is 275 g/mol. The van der Waals surface area contributed by atoms with Crippen LogP contribution in [0.3, 0.4) is 0 Å². The average Bonchev–Trinajstić information content (AvgIpc) is 3.08. The van der Waals surface area contributed by atoms with Gasteiger partial charge in [-0.15, -0.1) is 0 Å². The lowest BCUT2D eigenvalue weighted by molar-refractivity contribution is -0.384. The summed E-state index contributed by atoms with van der Waals surface area (Å²) in [5.74, 6) is -0.219. The van der Waals surface area contributed by atoms with Crippen LogP contribution in [0, 0.1) is 10.1 Å². The van der Waals surface area contributed by atoms with Gasteiger partial charge in [0, 0.05) is 30.8 Å². The number of anilines is 1. The van der Waals surface area contributed by atoms with Gasteiger partial charge in [0.15, 0.2) is 0 Å². The third kappa shape index (κ3) is 2.59. The maximum Gasteiger partial charge on any atom is 0.293 e. The Balaban J connectivity index is 1.88. The molecule has 0 spiro atoms. The molecule has 6 nitrogen and oxygen atoms in total. The Hall–Kier alpha value is -2.11. The number of hydrogen-bond donors (Lipinski definition) is 1. The second-order valence-corrected chi connectivity index (χ2v) is 5.40. The molecule has 106 valence electrons. The smallest absolute Gasteiger partial charge is 0.293 e. The minimum absolute atomic E-state index is 0.0235. The zero-order valence-corrected chi connectivity index (χ0v) is 11.2. The highest BCUT2D eigenvalue weighted by atomic mass is 16.6. The van der Waals surface area contributed by atoms with Gasteiger partial charge in [-0.05, 0) is 37.8 Å². The van der Waals surface area contributed by atoms with Crippen molar-refractivity contribution in [3.8, 4) is 0 Å². The number of hydrogen-bond acceptors (Lipinski definition) is 4. The highest BCUT2D eigenvalue weighted by Crippen LogP contribution is 2.31. The number of nitrogens with one attached hydrogen (secondary N) is 1. The number of rotatable bonds is 4. The summed E-state index contributed by atoms with van der Waals surface area (Å²) < 4.78 is 0. The van der Waals surface area contributed by atoms with E-state index in [0.717, 1.165) is 38.8 Å². The van der Waals surface area contributed by atoms with Gasteiger partial charge in [-0.1, -0.05) is 0 Å². The zero-order valence-electron chi connectivity index (χ0n) is 11.2. The van der Waals surface area contributed by atoms with Crippen LogP contribution in [0.25, 0.3) is 0 Å². The van der Waals surface area contributed by atoms with Crippen LogP contribution >= 0.6 is 0 Å². The van der Waals surface area contributed by atoms with Crippen molar-refractivity contribution in [2.24, 2.45) is 0 Å². The summed E-state index contributed by atoms with van der Waals surface area (Å²) in [6.45, 7) is 1.68. The van der Waals surface area contributed by atoms with Crippen LogP contribution in [0.4, 0.5) is 11.4 Å². The molecule has 1 aromatic carbocycles. The maximum atomic E-state index is 12.0. The SMILES string of the molecule is O=C(NC1CC1)c1ccc(N2CCCC2)c([N+](=O)[O-])c1. The molecule has 0 atom stereocenters. The number of benzene rings is 1. The van der Waals surface area contributed by atoms with Crippen LogP contribution < -0.4 is 10.2 Å². The molecule has 0 radical (unpaired) electrons. The normalized spacial score (nSPS) is 18.1. The Kier molecular flexibility index (Phi) is 3.30. The molecule has 1 N–H and O–H groups in total. The zero-order chi connectivity index (χ0) is 14.1. The molecule has 6 heteroatoms. The third-order valence-electron chi connectivity index (χ3n) is 3.79. The number of nitro benzene ring substituents is 1. The molecule has 20 heavy (non-hydrogen) atoms. The van der Waals surface area contributed by atoms with Crippen molar-refractivity contribution in [3.63, 3.8) is 0 Å². The van der Waals surface area contributed by atoms with E-state index in [1.165, 1.54) is 6.07 Å². The van der Waals surface area contributed by atoms with Crippen LogP contribution in [-0.2, 0) is 0 Å². The van der Waals surface area contributed by atoms with Crippen molar-refractivity contribution in [2.45, 2.75) is 31.7 Å². The van der Waals surface area contributed by atoms with Gasteiger partial charge in [-0.25, -0.2) is 0 Å². The molecule has 1 heterocycles. The summed E-state index contributed by atoms with van der Waals surface area (Å²) in [5.41, 5.74) is 1.01. The molecule has 1 saturated heterocycles. The second kappa shape index (κ2) is 5.11. The predicted molar refractivity (Wildman–Crippen MR) is 75.0 cm³/mol. The van der Waals surface area contributed by atoms with Crippen molar-refractivity contribution < 1.29 is 9.72 Å². The minimum atomic E-state index is -0.401. The van der Waals surface area contributed by atoms with E-state index in [4.69, 9.17) is 0 Å². The van der Waals surface area contributed by atoms with E-state index in [-0.39, 0.29) is 17.6 Å². The van der Waals surface area contributed by atoms with Crippen LogP contribution in [0.15, 0.2) is 18.2 Å². The molecule has 1 aliphatic carbocycles. The highest BCUT2D eigenvalue weighted by molar-refractivity contribution is 5.96. The Morgan fingerprint density at radius 2 is 2.00 bits per heavy atom. The Labute approximate surface area is 116 Å². The molecule has 1 aromatic rings. The molecule has 2 aliphatic rings. The molecule has 0 bridgehead atoms. The van der Waals surface area contributed by atoms with Crippen LogP contribution in [0.2, 0.25) is 0 Å². The topological polar surface area (TPSA) is 75.5 Å². The molecule has 0 aromatic heterocycles. The standard InChI is InChI=1S/C14H17N3O3/c18-14(15-11-4-5-11)10-3-6-12(13(9-10)17(19)20)16-7-1-2-8-16/h3,6,9,11H,1-2,4-5,7-8H2,(H,15,18). The minimum Gasteiger partial charge on any atom is -0.366 e. The molecule has 1 aliphatic heterocycles. The number of nitrogens with zero attached hydrogens (tertiary/aromatic N) is 2. The summed E-state index contributed by atoms with van der Waals surface area (Å²) in [6.07, 6.45) is 4.11. The summed E-state index contributed by atoms with van der Waals surface area (Å²) in [7, 11) is 0. The van der Waals surface area contributed by atoms with Crippen molar-refractivity contribution in [2.75, 3.05) is 18.0 Å². The lowest BCUT2D eigenvalue weighted by Gasteiger charge is -2.17. The fourth-order valence-corrected chi connectivity index (χ4v) is 2.53. The molecule has 1 saturated carbocycles. The van der Waals surface area contributed by atoms with E-state index in [1.807, 2.05) is 4.90 Å². The van der Waals surface area contributed by atoms with E-state index in [9.17, 15) is 14.9 Å². The molecule has 2 fully saturated rings. The van der Waals surface area contributed by atoms with E-state index in [1.54, 1.807) is 12.1 Å².